The summed E-state index contributed by atoms with van der Waals surface area (Å²) in [6.07, 6.45) is 1.78. The summed E-state index contributed by atoms with van der Waals surface area (Å²) >= 11 is 0. The number of morpholine rings is 2. The minimum atomic E-state index is 0.567. The van der Waals surface area contributed by atoms with Crippen molar-refractivity contribution >= 4 is 17.8 Å². The van der Waals surface area contributed by atoms with E-state index in [9.17, 15) is 0 Å². The van der Waals surface area contributed by atoms with Crippen molar-refractivity contribution < 1.29 is 14.4 Å². The van der Waals surface area contributed by atoms with Crippen LogP contribution in [0, 0.1) is 0 Å². The zero-order valence-electron chi connectivity index (χ0n) is 14.7. The van der Waals surface area contributed by atoms with Crippen molar-refractivity contribution in [1.29, 1.82) is 0 Å². The first-order chi connectivity index (χ1) is 12.3. The molecule has 0 spiro atoms. The van der Waals surface area contributed by atoms with Gasteiger partial charge < -0.3 is 29.9 Å². The molecule has 1 aromatic rings. The van der Waals surface area contributed by atoms with E-state index in [1.807, 2.05) is 0 Å². The van der Waals surface area contributed by atoms with Crippen molar-refractivity contribution in [2.75, 3.05) is 87.8 Å². The number of rotatable bonds is 8. The standard InChI is InChI=1S/C16H27N7O2/c1-2-3-17-14-19-15(18-4-5-22-6-10-24-11-7-22)21-16(20-14)23-8-12-25-13-9-23/h2H,1,3-13H2,(H2,17,18,19,20,21)/p+1. The molecule has 0 unspecified atom stereocenters. The molecule has 2 fully saturated rings. The van der Waals surface area contributed by atoms with Gasteiger partial charge in [-0.1, -0.05) is 6.08 Å². The maximum absolute atomic E-state index is 5.41. The van der Waals surface area contributed by atoms with Crippen molar-refractivity contribution in [2.24, 2.45) is 0 Å². The number of hydrogen-bond donors (Lipinski definition) is 3. The van der Waals surface area contributed by atoms with Crippen LogP contribution in [-0.2, 0) is 9.47 Å². The summed E-state index contributed by atoms with van der Waals surface area (Å²) in [5.41, 5.74) is 0. The molecule has 0 bridgehead atoms. The van der Waals surface area contributed by atoms with Crippen LogP contribution in [0.3, 0.4) is 0 Å². The monoisotopic (exact) mass is 350 g/mol. The van der Waals surface area contributed by atoms with Crippen LogP contribution in [-0.4, -0.2) is 87.2 Å². The van der Waals surface area contributed by atoms with Gasteiger partial charge in [-0.25, -0.2) is 0 Å². The molecule has 0 amide bonds. The Morgan fingerprint density at radius 2 is 1.68 bits per heavy atom. The van der Waals surface area contributed by atoms with Gasteiger partial charge in [0, 0.05) is 19.6 Å². The molecule has 0 aliphatic carbocycles. The fraction of sp³-hybridized carbons (Fsp3) is 0.688. The first-order valence-electron chi connectivity index (χ1n) is 8.94. The number of aromatic nitrogens is 3. The molecule has 1 aromatic heterocycles. The van der Waals surface area contributed by atoms with E-state index in [1.54, 1.807) is 11.0 Å². The zero-order valence-corrected chi connectivity index (χ0v) is 14.7. The van der Waals surface area contributed by atoms with Crippen LogP contribution in [0.2, 0.25) is 0 Å². The van der Waals surface area contributed by atoms with Gasteiger partial charge in [0.25, 0.3) is 0 Å². The van der Waals surface area contributed by atoms with E-state index >= 15 is 0 Å². The van der Waals surface area contributed by atoms with Gasteiger partial charge in [-0.15, -0.1) is 6.58 Å². The summed E-state index contributed by atoms with van der Waals surface area (Å²) in [7, 11) is 0. The van der Waals surface area contributed by atoms with Gasteiger partial charge in [0.1, 0.15) is 13.1 Å². The number of ether oxygens (including phenoxy) is 2. The van der Waals surface area contributed by atoms with Gasteiger partial charge in [0.05, 0.1) is 39.5 Å². The third kappa shape index (κ3) is 5.52. The Morgan fingerprint density at radius 1 is 1.00 bits per heavy atom. The highest BCUT2D eigenvalue weighted by Gasteiger charge is 2.17. The van der Waals surface area contributed by atoms with E-state index in [0.29, 0.717) is 37.6 Å². The fourth-order valence-corrected chi connectivity index (χ4v) is 2.85. The Morgan fingerprint density at radius 3 is 2.40 bits per heavy atom. The van der Waals surface area contributed by atoms with Crippen molar-refractivity contribution in [3.05, 3.63) is 12.7 Å². The topological polar surface area (TPSA) is 88.9 Å². The molecule has 2 aliphatic heterocycles. The lowest BCUT2D eigenvalue weighted by Crippen LogP contribution is -3.14. The molecule has 2 saturated heterocycles. The molecular weight excluding hydrogens is 322 g/mol. The Balaban J connectivity index is 1.62. The minimum Gasteiger partial charge on any atom is -0.378 e. The highest BCUT2D eigenvalue weighted by atomic mass is 16.5. The SMILES string of the molecule is C=CCNc1nc(NCC[NH+]2CCOCC2)nc(N2CCOCC2)n1. The second-order valence-electron chi connectivity index (χ2n) is 6.09. The molecule has 3 heterocycles. The van der Waals surface area contributed by atoms with Crippen LogP contribution in [0.4, 0.5) is 17.8 Å². The van der Waals surface area contributed by atoms with Gasteiger partial charge in [-0.05, 0) is 0 Å². The largest absolute Gasteiger partial charge is 0.378 e. The van der Waals surface area contributed by atoms with E-state index < -0.39 is 0 Å². The van der Waals surface area contributed by atoms with Gasteiger partial charge in [0.15, 0.2) is 0 Å². The second-order valence-corrected chi connectivity index (χ2v) is 6.09. The third-order valence-electron chi connectivity index (χ3n) is 4.28. The molecule has 0 aromatic carbocycles. The summed E-state index contributed by atoms with van der Waals surface area (Å²) < 4.78 is 10.8. The lowest BCUT2D eigenvalue weighted by Gasteiger charge is -2.27. The molecule has 138 valence electrons. The van der Waals surface area contributed by atoms with E-state index in [1.165, 1.54) is 0 Å². The Hall–Kier alpha value is -1.97. The normalized spacial score (nSPS) is 18.8. The number of anilines is 3. The molecule has 0 saturated carbocycles. The van der Waals surface area contributed by atoms with Crippen LogP contribution in [0.25, 0.3) is 0 Å². The average molecular weight is 350 g/mol. The molecule has 3 N–H and O–H groups in total. The third-order valence-corrected chi connectivity index (χ3v) is 4.28. The van der Waals surface area contributed by atoms with Crippen molar-refractivity contribution in [1.82, 2.24) is 15.0 Å². The molecule has 9 nitrogen and oxygen atoms in total. The zero-order chi connectivity index (χ0) is 17.3. The van der Waals surface area contributed by atoms with E-state index in [4.69, 9.17) is 9.47 Å². The molecule has 0 atom stereocenters. The fourth-order valence-electron chi connectivity index (χ4n) is 2.85. The average Bonchev–Trinajstić information content (AvgIpc) is 2.68. The van der Waals surface area contributed by atoms with E-state index in [2.05, 4.69) is 37.1 Å². The molecule has 3 rings (SSSR count). The van der Waals surface area contributed by atoms with E-state index in [0.717, 1.165) is 52.5 Å². The minimum absolute atomic E-state index is 0.567. The van der Waals surface area contributed by atoms with Gasteiger partial charge in [-0.3, -0.25) is 0 Å². The predicted octanol–water partition coefficient (Wildman–Crippen LogP) is -1.37. The lowest BCUT2D eigenvalue weighted by atomic mass is 10.4. The van der Waals surface area contributed by atoms with Crippen LogP contribution in [0.5, 0.6) is 0 Å². The molecule has 25 heavy (non-hydrogen) atoms. The first-order valence-corrected chi connectivity index (χ1v) is 8.94. The summed E-state index contributed by atoms with van der Waals surface area (Å²) in [5, 5.41) is 6.49. The maximum atomic E-state index is 5.41. The van der Waals surface area contributed by atoms with Crippen molar-refractivity contribution in [2.45, 2.75) is 0 Å². The number of nitrogens with one attached hydrogen (secondary N) is 3. The van der Waals surface area contributed by atoms with Crippen LogP contribution < -0.4 is 20.4 Å². The highest BCUT2D eigenvalue weighted by molar-refractivity contribution is 5.44. The van der Waals surface area contributed by atoms with Crippen molar-refractivity contribution in [3.8, 4) is 0 Å². The van der Waals surface area contributed by atoms with Crippen LogP contribution in [0.15, 0.2) is 12.7 Å². The van der Waals surface area contributed by atoms with Crippen LogP contribution >= 0.6 is 0 Å². The number of nitrogens with zero attached hydrogens (tertiary/aromatic N) is 4. The highest BCUT2D eigenvalue weighted by Crippen LogP contribution is 2.14. The Labute approximate surface area is 148 Å². The van der Waals surface area contributed by atoms with Gasteiger partial charge >= 0.3 is 0 Å². The number of hydrogen-bond acceptors (Lipinski definition) is 8. The summed E-state index contributed by atoms with van der Waals surface area (Å²) in [6.45, 7) is 13.0. The lowest BCUT2D eigenvalue weighted by molar-refractivity contribution is -0.906. The first kappa shape index (κ1) is 17.8. The Bertz CT molecular complexity index is 545. The Kier molecular flexibility index (Phi) is 6.78. The second kappa shape index (κ2) is 9.50. The molecule has 9 heteroatoms. The summed E-state index contributed by atoms with van der Waals surface area (Å²) in [5.74, 6) is 1.86. The molecular formula is C16H28N7O2+. The number of quaternary nitrogens is 1. The van der Waals surface area contributed by atoms with Crippen LogP contribution in [0.1, 0.15) is 0 Å². The predicted molar refractivity (Wildman–Crippen MR) is 96.4 cm³/mol. The molecule has 2 aliphatic rings. The quantitative estimate of drug-likeness (QED) is 0.495. The maximum Gasteiger partial charge on any atom is 0.232 e. The van der Waals surface area contributed by atoms with Gasteiger partial charge in [-0.2, -0.15) is 15.0 Å². The summed E-state index contributed by atoms with van der Waals surface area (Å²) in [6, 6.07) is 0. The van der Waals surface area contributed by atoms with Crippen molar-refractivity contribution in [3.63, 3.8) is 0 Å². The summed E-state index contributed by atoms with van der Waals surface area (Å²) in [4.78, 5) is 17.2. The van der Waals surface area contributed by atoms with E-state index in [-0.39, 0.29) is 0 Å². The smallest absolute Gasteiger partial charge is 0.232 e. The molecule has 0 radical (unpaired) electrons. The van der Waals surface area contributed by atoms with Gasteiger partial charge in [0.2, 0.25) is 17.8 Å².